The molecule has 0 bridgehead atoms. The van der Waals surface area contributed by atoms with E-state index in [0.717, 1.165) is 11.3 Å². The van der Waals surface area contributed by atoms with Crippen molar-refractivity contribution in [3.8, 4) is 5.75 Å². The summed E-state index contributed by atoms with van der Waals surface area (Å²) in [6.07, 6.45) is 1.16. The van der Waals surface area contributed by atoms with Crippen molar-refractivity contribution < 1.29 is 9.53 Å². The predicted molar refractivity (Wildman–Crippen MR) is 98.8 cm³/mol. The van der Waals surface area contributed by atoms with Gasteiger partial charge in [0.15, 0.2) is 0 Å². The van der Waals surface area contributed by atoms with Crippen LogP contribution < -0.4 is 10.1 Å². The van der Waals surface area contributed by atoms with Crippen LogP contribution >= 0.6 is 11.6 Å². The van der Waals surface area contributed by atoms with Gasteiger partial charge >= 0.3 is 0 Å². The number of benzene rings is 2. The van der Waals surface area contributed by atoms with Crippen LogP contribution in [0.1, 0.15) is 30.0 Å². The van der Waals surface area contributed by atoms with Crippen LogP contribution in [0.2, 0.25) is 5.02 Å². The van der Waals surface area contributed by atoms with Gasteiger partial charge in [-0.1, -0.05) is 29.8 Å². The summed E-state index contributed by atoms with van der Waals surface area (Å²) in [5.41, 5.74) is 3.55. The topological polar surface area (TPSA) is 38.3 Å². The second kappa shape index (κ2) is 8.74. The fourth-order valence-electron chi connectivity index (χ4n) is 2.32. The quantitative estimate of drug-likeness (QED) is 0.803. The Kier molecular flexibility index (Phi) is 6.68. The zero-order valence-electron chi connectivity index (χ0n) is 14.4. The van der Waals surface area contributed by atoms with Crippen LogP contribution in [-0.4, -0.2) is 18.6 Å². The van der Waals surface area contributed by atoms with Crippen LogP contribution in [0, 0.1) is 13.8 Å². The number of hydrogen-bond acceptors (Lipinski definition) is 2. The maximum atomic E-state index is 12.0. The first-order valence-corrected chi connectivity index (χ1v) is 8.55. The van der Waals surface area contributed by atoms with Gasteiger partial charge in [-0.25, -0.2) is 0 Å². The first-order valence-electron chi connectivity index (χ1n) is 8.18. The van der Waals surface area contributed by atoms with Gasteiger partial charge in [-0.05, 0) is 68.1 Å². The lowest BCUT2D eigenvalue weighted by Crippen LogP contribution is -2.36. The zero-order valence-corrected chi connectivity index (χ0v) is 15.2. The third-order valence-corrected chi connectivity index (χ3v) is 4.19. The molecule has 0 aliphatic carbocycles. The Morgan fingerprint density at radius 3 is 2.50 bits per heavy atom. The Hall–Kier alpha value is -2.00. The third-order valence-electron chi connectivity index (χ3n) is 3.94. The first kappa shape index (κ1) is 18.3. The van der Waals surface area contributed by atoms with Gasteiger partial charge in [0.05, 0.1) is 6.04 Å². The Bertz CT molecular complexity index is 683. The molecule has 1 N–H and O–H groups in total. The van der Waals surface area contributed by atoms with Crippen LogP contribution in [-0.2, 0) is 11.2 Å². The van der Waals surface area contributed by atoms with E-state index in [2.05, 4.69) is 19.2 Å². The van der Waals surface area contributed by atoms with E-state index in [1.54, 1.807) is 0 Å². The maximum absolute atomic E-state index is 12.0. The van der Waals surface area contributed by atoms with Crippen molar-refractivity contribution >= 4 is 17.5 Å². The largest absolute Gasteiger partial charge is 0.491 e. The molecule has 128 valence electrons. The minimum Gasteiger partial charge on any atom is -0.491 e. The summed E-state index contributed by atoms with van der Waals surface area (Å²) in [4.78, 5) is 12.0. The average molecular weight is 346 g/mol. The molecule has 0 aliphatic rings. The highest BCUT2D eigenvalue weighted by Crippen LogP contribution is 2.16. The van der Waals surface area contributed by atoms with E-state index < -0.39 is 0 Å². The molecule has 0 saturated heterocycles. The highest BCUT2D eigenvalue weighted by atomic mass is 35.5. The van der Waals surface area contributed by atoms with Gasteiger partial charge in [-0.3, -0.25) is 4.79 Å². The third kappa shape index (κ3) is 5.89. The SMILES string of the molecule is Cc1ccc(OCC(C)NC(=O)CCc2ccc(Cl)cc2)cc1C. The van der Waals surface area contributed by atoms with Crippen LogP contribution in [0.15, 0.2) is 42.5 Å². The monoisotopic (exact) mass is 345 g/mol. The molecule has 1 amide bonds. The Morgan fingerprint density at radius 1 is 1.12 bits per heavy atom. The second-order valence-corrected chi connectivity index (χ2v) is 6.59. The zero-order chi connectivity index (χ0) is 17.5. The lowest BCUT2D eigenvalue weighted by atomic mass is 10.1. The van der Waals surface area contributed by atoms with E-state index in [1.165, 1.54) is 11.1 Å². The second-order valence-electron chi connectivity index (χ2n) is 6.15. The lowest BCUT2D eigenvalue weighted by Gasteiger charge is -2.15. The van der Waals surface area contributed by atoms with Crippen molar-refractivity contribution in [2.75, 3.05) is 6.61 Å². The van der Waals surface area contributed by atoms with E-state index in [1.807, 2.05) is 49.4 Å². The number of nitrogens with one attached hydrogen (secondary N) is 1. The molecule has 0 aliphatic heterocycles. The smallest absolute Gasteiger partial charge is 0.220 e. The fourth-order valence-corrected chi connectivity index (χ4v) is 2.45. The number of aryl methyl sites for hydroxylation is 3. The molecule has 2 aromatic rings. The molecule has 1 unspecified atom stereocenters. The van der Waals surface area contributed by atoms with Crippen molar-refractivity contribution in [3.63, 3.8) is 0 Å². The first-order chi connectivity index (χ1) is 11.4. The van der Waals surface area contributed by atoms with Gasteiger partial charge in [-0.15, -0.1) is 0 Å². The summed E-state index contributed by atoms with van der Waals surface area (Å²) in [5, 5.41) is 3.68. The molecule has 2 rings (SSSR count). The number of amides is 1. The van der Waals surface area contributed by atoms with Crippen molar-refractivity contribution in [2.24, 2.45) is 0 Å². The molecular weight excluding hydrogens is 322 g/mol. The van der Waals surface area contributed by atoms with E-state index >= 15 is 0 Å². The maximum Gasteiger partial charge on any atom is 0.220 e. The average Bonchev–Trinajstić information content (AvgIpc) is 2.55. The molecule has 0 saturated carbocycles. The van der Waals surface area contributed by atoms with Crippen LogP contribution in [0.4, 0.5) is 0 Å². The van der Waals surface area contributed by atoms with Crippen LogP contribution in [0.5, 0.6) is 5.75 Å². The highest BCUT2D eigenvalue weighted by Gasteiger charge is 2.09. The van der Waals surface area contributed by atoms with Crippen LogP contribution in [0.25, 0.3) is 0 Å². The molecule has 0 fully saturated rings. The molecule has 24 heavy (non-hydrogen) atoms. The van der Waals surface area contributed by atoms with E-state index in [4.69, 9.17) is 16.3 Å². The highest BCUT2D eigenvalue weighted by molar-refractivity contribution is 6.30. The predicted octanol–water partition coefficient (Wildman–Crippen LogP) is 4.47. The summed E-state index contributed by atoms with van der Waals surface area (Å²) in [6, 6.07) is 13.6. The number of rotatable bonds is 7. The Balaban J connectivity index is 1.72. The van der Waals surface area contributed by atoms with Gasteiger partial charge in [0.1, 0.15) is 12.4 Å². The molecule has 0 spiro atoms. The number of hydrogen-bond donors (Lipinski definition) is 1. The molecule has 0 heterocycles. The molecule has 3 nitrogen and oxygen atoms in total. The number of ether oxygens (including phenoxy) is 1. The van der Waals surface area contributed by atoms with E-state index in [0.29, 0.717) is 24.5 Å². The molecule has 2 aromatic carbocycles. The van der Waals surface area contributed by atoms with Gasteiger partial charge in [0, 0.05) is 11.4 Å². The van der Waals surface area contributed by atoms with Crippen LogP contribution in [0.3, 0.4) is 0 Å². The number of carbonyl (C=O) groups is 1. The number of halogens is 1. The Morgan fingerprint density at radius 2 is 1.83 bits per heavy atom. The van der Waals surface area contributed by atoms with Gasteiger partial charge in [0.25, 0.3) is 0 Å². The van der Waals surface area contributed by atoms with Gasteiger partial charge in [-0.2, -0.15) is 0 Å². The van der Waals surface area contributed by atoms with Gasteiger partial charge in [0.2, 0.25) is 5.91 Å². The van der Waals surface area contributed by atoms with E-state index in [9.17, 15) is 4.79 Å². The van der Waals surface area contributed by atoms with Crippen molar-refractivity contribution in [1.82, 2.24) is 5.32 Å². The molecule has 0 aromatic heterocycles. The van der Waals surface area contributed by atoms with Gasteiger partial charge < -0.3 is 10.1 Å². The number of carbonyl (C=O) groups excluding carboxylic acids is 1. The molecule has 0 radical (unpaired) electrons. The Labute approximate surface area is 149 Å². The molecular formula is C20H24ClNO2. The standard InChI is InChI=1S/C20H24ClNO2/c1-14-4-10-19(12-15(14)2)24-13-16(3)22-20(23)11-7-17-5-8-18(21)9-6-17/h4-6,8-10,12,16H,7,11,13H2,1-3H3,(H,22,23). The summed E-state index contributed by atoms with van der Waals surface area (Å²) < 4.78 is 5.75. The fraction of sp³-hybridized carbons (Fsp3) is 0.350. The summed E-state index contributed by atoms with van der Waals surface area (Å²) >= 11 is 5.85. The normalized spacial score (nSPS) is 11.8. The lowest BCUT2D eigenvalue weighted by molar-refractivity contribution is -0.121. The van der Waals surface area contributed by atoms with Crippen molar-refractivity contribution in [1.29, 1.82) is 0 Å². The van der Waals surface area contributed by atoms with Crippen molar-refractivity contribution in [3.05, 3.63) is 64.2 Å². The minimum atomic E-state index is -0.0377. The summed E-state index contributed by atoms with van der Waals surface area (Å²) in [7, 11) is 0. The summed E-state index contributed by atoms with van der Waals surface area (Å²) in [6.45, 7) is 6.53. The summed E-state index contributed by atoms with van der Waals surface area (Å²) in [5.74, 6) is 0.862. The van der Waals surface area contributed by atoms with Crippen molar-refractivity contribution in [2.45, 2.75) is 39.7 Å². The minimum absolute atomic E-state index is 0.0288. The molecule has 4 heteroatoms. The van der Waals surface area contributed by atoms with E-state index in [-0.39, 0.29) is 11.9 Å². The molecule has 1 atom stereocenters.